The molecule has 1 heterocycles. The third kappa shape index (κ3) is 4.53. The van der Waals surface area contributed by atoms with Crippen LogP contribution in [0.3, 0.4) is 0 Å². The monoisotopic (exact) mass is 498 g/mol. The first kappa shape index (κ1) is 21.9. The third-order valence-electron chi connectivity index (χ3n) is 5.10. The van der Waals surface area contributed by atoms with Crippen molar-refractivity contribution in [1.29, 1.82) is 0 Å². The van der Waals surface area contributed by atoms with Crippen LogP contribution in [0.1, 0.15) is 26.7 Å². The van der Waals surface area contributed by atoms with E-state index in [-0.39, 0.29) is 24.8 Å². The summed E-state index contributed by atoms with van der Waals surface area (Å²) in [7, 11) is 0. The molecule has 2 aliphatic rings. The van der Waals surface area contributed by atoms with Gasteiger partial charge < -0.3 is 24.8 Å². The van der Waals surface area contributed by atoms with Crippen LogP contribution in [0, 0.1) is 0 Å². The van der Waals surface area contributed by atoms with Crippen LogP contribution in [0.15, 0.2) is 81.9 Å². The molecule has 0 N–H and O–H groups in total. The molecule has 0 amide bonds. The van der Waals surface area contributed by atoms with Crippen molar-refractivity contribution in [3.8, 4) is 0 Å². The topological polar surface area (TPSA) is 43.6 Å². The smallest absolute Gasteiger partial charge is 1.00 e. The molecule has 144 valence electrons. The van der Waals surface area contributed by atoms with Gasteiger partial charge in [0.05, 0.1) is 0 Å². The Morgan fingerprint density at radius 3 is 2.59 bits per heavy atom. The van der Waals surface area contributed by atoms with Gasteiger partial charge in [-0.05, 0) is 0 Å². The summed E-state index contributed by atoms with van der Waals surface area (Å²) in [4.78, 5) is 0. The molecule has 0 fully saturated rings. The number of fused-ring (bicyclic) bond motifs is 1. The number of benzene rings is 2. The SMILES string of the molecule is C1=CC(Cc2ccccc2)=[C]([Zr+2][CH]2C(n3cnnn3)=Cc3ccccc32)C1.[Cl-].[Cl-]. The van der Waals surface area contributed by atoms with Crippen LogP contribution in [0.5, 0.6) is 0 Å². The van der Waals surface area contributed by atoms with Crippen molar-refractivity contribution < 1.29 is 48.0 Å². The number of nitrogens with zero attached hydrogens (tertiary/aromatic N) is 4. The molecule has 2 aliphatic carbocycles. The molecule has 1 atom stereocenters. The normalized spacial score (nSPS) is 16.6. The van der Waals surface area contributed by atoms with Crippen molar-refractivity contribution in [3.63, 3.8) is 0 Å². The number of halogens is 2. The quantitative estimate of drug-likeness (QED) is 0.419. The summed E-state index contributed by atoms with van der Waals surface area (Å²) in [5, 5.41) is 11.9. The van der Waals surface area contributed by atoms with Gasteiger partial charge in [-0.1, -0.05) is 0 Å². The minimum atomic E-state index is -0.891. The van der Waals surface area contributed by atoms with E-state index in [1.807, 2.05) is 4.68 Å². The molecule has 1 aromatic heterocycles. The number of rotatable bonds is 5. The number of allylic oxidation sites excluding steroid dienone is 5. The van der Waals surface area contributed by atoms with Crippen LogP contribution < -0.4 is 24.8 Å². The van der Waals surface area contributed by atoms with E-state index in [0.717, 1.165) is 12.8 Å². The van der Waals surface area contributed by atoms with E-state index >= 15 is 0 Å². The Balaban J connectivity index is 0.00000120. The summed E-state index contributed by atoms with van der Waals surface area (Å²) in [6, 6.07) is 19.5. The fraction of sp³-hybridized carbons (Fsp3) is 0.136. The van der Waals surface area contributed by atoms with Crippen LogP contribution in [-0.2, 0) is 29.7 Å². The standard InChI is InChI=1S/C12H11.C10H7N4.2ClH.Zr/c1-2-6-11(7-3-1)10-12-8-4-5-9-12;1-2-4-9-6-10(5-8(9)3-1)14-7-11-12-13-14;;;/h1-4,6-8H,5,10H2;1-7H;2*1H;/q;;;;+2/p-2. The molecule has 7 heteroatoms. The molecule has 4 nitrogen and oxygen atoms in total. The first-order valence-corrected chi connectivity index (χ1v) is 11.8. The summed E-state index contributed by atoms with van der Waals surface area (Å²) in [5.74, 6) is 0. The van der Waals surface area contributed by atoms with Crippen molar-refractivity contribution >= 4 is 11.8 Å². The van der Waals surface area contributed by atoms with E-state index in [2.05, 4.69) is 88.4 Å². The second-order valence-electron chi connectivity index (χ2n) is 6.80. The maximum absolute atomic E-state index is 4.18. The van der Waals surface area contributed by atoms with Gasteiger partial charge in [0.15, 0.2) is 0 Å². The van der Waals surface area contributed by atoms with E-state index in [0.29, 0.717) is 3.63 Å². The zero-order chi connectivity index (χ0) is 18.1. The van der Waals surface area contributed by atoms with E-state index in [9.17, 15) is 0 Å². The minimum Gasteiger partial charge on any atom is -1.00 e. The van der Waals surface area contributed by atoms with Gasteiger partial charge in [-0.25, -0.2) is 0 Å². The minimum absolute atomic E-state index is 0. The Morgan fingerprint density at radius 2 is 1.79 bits per heavy atom. The van der Waals surface area contributed by atoms with Crippen LogP contribution in [0.4, 0.5) is 0 Å². The van der Waals surface area contributed by atoms with Gasteiger partial charge in [-0.3, -0.25) is 0 Å². The van der Waals surface area contributed by atoms with Gasteiger partial charge in [0.25, 0.3) is 0 Å². The molecule has 1 unspecified atom stereocenters. The average Bonchev–Trinajstić information content (AvgIpc) is 3.44. The van der Waals surface area contributed by atoms with Crippen molar-refractivity contribution in [2.75, 3.05) is 0 Å². The first-order chi connectivity index (χ1) is 13.4. The molecule has 0 radical (unpaired) electrons. The molecule has 3 aromatic rings. The Morgan fingerprint density at radius 1 is 1.00 bits per heavy atom. The van der Waals surface area contributed by atoms with Crippen LogP contribution in [-0.4, -0.2) is 20.2 Å². The summed E-state index contributed by atoms with van der Waals surface area (Å²) >= 11 is -0.891. The summed E-state index contributed by atoms with van der Waals surface area (Å²) in [6.45, 7) is 0. The fourth-order valence-corrected chi connectivity index (χ4v) is 8.03. The van der Waals surface area contributed by atoms with Gasteiger partial charge in [0.1, 0.15) is 0 Å². The molecule has 0 spiro atoms. The van der Waals surface area contributed by atoms with Crippen LogP contribution in [0.2, 0.25) is 0 Å². The van der Waals surface area contributed by atoms with Gasteiger partial charge in [-0.2, -0.15) is 0 Å². The summed E-state index contributed by atoms with van der Waals surface area (Å²) in [6.07, 6.45) is 10.8. The Labute approximate surface area is 194 Å². The Hall–Kier alpha value is -1.81. The molecule has 0 bridgehead atoms. The van der Waals surface area contributed by atoms with Crippen molar-refractivity contribution in [2.24, 2.45) is 0 Å². The predicted octanol–water partition coefficient (Wildman–Crippen LogP) is -1.73. The average molecular weight is 501 g/mol. The first-order valence-electron chi connectivity index (χ1n) is 9.11. The maximum Gasteiger partial charge on any atom is -1.00 e. The van der Waals surface area contributed by atoms with E-state index < -0.39 is 23.2 Å². The van der Waals surface area contributed by atoms with Gasteiger partial charge in [0.2, 0.25) is 0 Å². The molecule has 0 saturated carbocycles. The number of hydrogen-bond acceptors (Lipinski definition) is 3. The zero-order valence-corrected chi connectivity index (χ0v) is 19.5. The van der Waals surface area contributed by atoms with E-state index in [4.69, 9.17) is 0 Å². The van der Waals surface area contributed by atoms with Crippen LogP contribution in [0.25, 0.3) is 11.8 Å². The summed E-state index contributed by atoms with van der Waals surface area (Å²) in [5.41, 5.74) is 6.89. The number of tetrazole rings is 1. The zero-order valence-electron chi connectivity index (χ0n) is 15.5. The molecule has 5 rings (SSSR count). The summed E-state index contributed by atoms with van der Waals surface area (Å²) < 4.78 is 3.99. The third-order valence-corrected chi connectivity index (χ3v) is 9.45. The van der Waals surface area contributed by atoms with Gasteiger partial charge in [0, 0.05) is 0 Å². The Kier molecular flexibility index (Phi) is 7.40. The molecule has 2 aromatic carbocycles. The maximum atomic E-state index is 4.18. The second kappa shape index (κ2) is 9.80. The van der Waals surface area contributed by atoms with E-state index in [1.54, 1.807) is 9.61 Å². The second-order valence-corrected chi connectivity index (χ2v) is 10.4. The molecule has 0 saturated heterocycles. The van der Waals surface area contributed by atoms with Crippen molar-refractivity contribution in [3.05, 3.63) is 98.6 Å². The molecule has 0 aliphatic heterocycles. The fourth-order valence-electron chi connectivity index (χ4n) is 3.79. The van der Waals surface area contributed by atoms with Crippen LogP contribution >= 0.6 is 0 Å². The molecule has 29 heavy (non-hydrogen) atoms. The molecular formula is C22H18Cl2N4Zr. The largest absolute Gasteiger partial charge is 1.00 e. The number of aromatic nitrogens is 4. The van der Waals surface area contributed by atoms with Crippen molar-refractivity contribution in [2.45, 2.75) is 16.5 Å². The van der Waals surface area contributed by atoms with Crippen molar-refractivity contribution in [1.82, 2.24) is 20.2 Å². The predicted molar refractivity (Wildman–Crippen MR) is 102 cm³/mol. The molecular weight excluding hydrogens is 482 g/mol. The van der Waals surface area contributed by atoms with E-state index in [1.165, 1.54) is 28.0 Å². The number of hydrogen-bond donors (Lipinski definition) is 0. The van der Waals surface area contributed by atoms with Gasteiger partial charge in [-0.15, -0.1) is 0 Å². The van der Waals surface area contributed by atoms with Gasteiger partial charge >= 0.3 is 170 Å². The Bertz CT molecular complexity index is 1060.